The highest BCUT2D eigenvalue weighted by molar-refractivity contribution is 8.00. The second-order valence-electron chi connectivity index (χ2n) is 4.55. The molecular formula is C15H12Cl2N2O4S. The first-order chi connectivity index (χ1) is 11.4. The molecule has 0 heterocycles. The van der Waals surface area contributed by atoms with E-state index in [1.54, 1.807) is 18.2 Å². The van der Waals surface area contributed by atoms with Crippen molar-refractivity contribution < 1.29 is 14.5 Å². The lowest BCUT2D eigenvalue weighted by Gasteiger charge is -2.10. The quantitative estimate of drug-likeness (QED) is 0.444. The Hall–Kier alpha value is -1.96. The molecule has 2 aromatic carbocycles. The van der Waals surface area contributed by atoms with Gasteiger partial charge in [0.1, 0.15) is 5.75 Å². The van der Waals surface area contributed by atoms with Crippen molar-refractivity contribution >= 4 is 52.2 Å². The molecule has 0 atom stereocenters. The monoisotopic (exact) mass is 386 g/mol. The number of carbonyl (C=O) groups excluding carboxylic acids is 1. The summed E-state index contributed by atoms with van der Waals surface area (Å²) in [4.78, 5) is 23.0. The molecule has 24 heavy (non-hydrogen) atoms. The maximum absolute atomic E-state index is 12.1. The molecule has 6 nitrogen and oxygen atoms in total. The number of halogens is 2. The molecule has 0 aliphatic rings. The molecule has 2 rings (SSSR count). The summed E-state index contributed by atoms with van der Waals surface area (Å²) in [6.07, 6.45) is 0. The zero-order valence-electron chi connectivity index (χ0n) is 12.4. The number of hydrogen-bond donors (Lipinski definition) is 1. The van der Waals surface area contributed by atoms with E-state index in [0.29, 0.717) is 20.6 Å². The van der Waals surface area contributed by atoms with E-state index in [0.717, 1.165) is 0 Å². The molecule has 0 spiro atoms. The van der Waals surface area contributed by atoms with Crippen LogP contribution in [-0.4, -0.2) is 23.7 Å². The summed E-state index contributed by atoms with van der Waals surface area (Å²) in [7, 11) is 1.37. The van der Waals surface area contributed by atoms with Gasteiger partial charge in [0.2, 0.25) is 5.91 Å². The van der Waals surface area contributed by atoms with Crippen molar-refractivity contribution in [3.63, 3.8) is 0 Å². The maximum atomic E-state index is 12.1. The summed E-state index contributed by atoms with van der Waals surface area (Å²) in [5, 5.41) is 14.4. The van der Waals surface area contributed by atoms with Crippen LogP contribution >= 0.6 is 35.0 Å². The molecule has 0 aliphatic carbocycles. The Morgan fingerprint density at radius 1 is 1.29 bits per heavy atom. The van der Waals surface area contributed by atoms with Gasteiger partial charge in [-0.05, 0) is 24.3 Å². The van der Waals surface area contributed by atoms with Crippen molar-refractivity contribution in [2.75, 3.05) is 18.2 Å². The summed E-state index contributed by atoms with van der Waals surface area (Å²) in [6.45, 7) is 0. The minimum absolute atomic E-state index is 0.0974. The Morgan fingerprint density at radius 3 is 2.71 bits per heavy atom. The number of carbonyl (C=O) groups is 1. The van der Waals surface area contributed by atoms with Crippen molar-refractivity contribution in [1.82, 2.24) is 0 Å². The van der Waals surface area contributed by atoms with Crippen LogP contribution in [0.5, 0.6) is 5.75 Å². The molecule has 126 valence electrons. The molecule has 2 aromatic rings. The van der Waals surface area contributed by atoms with Crippen LogP contribution in [-0.2, 0) is 4.79 Å². The molecule has 1 N–H and O–H groups in total. The van der Waals surface area contributed by atoms with Crippen molar-refractivity contribution in [2.24, 2.45) is 0 Å². The van der Waals surface area contributed by atoms with Crippen LogP contribution in [0.3, 0.4) is 0 Å². The van der Waals surface area contributed by atoms with Gasteiger partial charge in [-0.15, -0.1) is 11.8 Å². The van der Waals surface area contributed by atoms with Gasteiger partial charge in [-0.2, -0.15) is 0 Å². The van der Waals surface area contributed by atoms with E-state index in [1.165, 1.54) is 37.1 Å². The van der Waals surface area contributed by atoms with E-state index >= 15 is 0 Å². The molecule has 0 saturated heterocycles. The third-order valence-electron chi connectivity index (χ3n) is 2.92. The molecule has 0 saturated carbocycles. The fourth-order valence-corrected chi connectivity index (χ4v) is 3.11. The second-order valence-corrected chi connectivity index (χ2v) is 6.41. The van der Waals surface area contributed by atoms with E-state index < -0.39 is 4.92 Å². The summed E-state index contributed by atoms with van der Waals surface area (Å²) in [6, 6.07) is 8.95. The highest BCUT2D eigenvalue weighted by Crippen LogP contribution is 2.31. The summed E-state index contributed by atoms with van der Waals surface area (Å²) >= 11 is 13.2. The van der Waals surface area contributed by atoms with Crippen LogP contribution < -0.4 is 10.1 Å². The fraction of sp³-hybridized carbons (Fsp3) is 0.133. The van der Waals surface area contributed by atoms with Gasteiger partial charge in [0.15, 0.2) is 0 Å². The van der Waals surface area contributed by atoms with Gasteiger partial charge in [0.05, 0.1) is 34.6 Å². The summed E-state index contributed by atoms with van der Waals surface area (Å²) in [5.41, 5.74) is 0.232. The molecule has 0 radical (unpaired) electrons. The number of nitrogens with one attached hydrogen (secondary N) is 1. The zero-order chi connectivity index (χ0) is 17.7. The van der Waals surface area contributed by atoms with Crippen molar-refractivity contribution in [3.8, 4) is 5.75 Å². The van der Waals surface area contributed by atoms with Crippen LogP contribution in [0, 0.1) is 10.1 Å². The first kappa shape index (κ1) is 18.4. The number of ether oxygens (including phenoxy) is 1. The van der Waals surface area contributed by atoms with Gasteiger partial charge >= 0.3 is 0 Å². The molecule has 1 amide bonds. The fourth-order valence-electron chi connectivity index (χ4n) is 1.81. The Balaban J connectivity index is 2.04. The molecule has 0 bridgehead atoms. The standard InChI is InChI=1S/C15H12Cl2N2O4S/c1-23-13-7-10(19(21)22)3-5-12(13)18-15(20)8-24-14-6-9(16)2-4-11(14)17/h2-7H,8H2,1H3,(H,18,20). The maximum Gasteiger partial charge on any atom is 0.273 e. The number of thioether (sulfide) groups is 1. The van der Waals surface area contributed by atoms with Gasteiger partial charge in [-0.25, -0.2) is 0 Å². The third kappa shape index (κ3) is 4.77. The highest BCUT2D eigenvalue weighted by atomic mass is 35.5. The van der Waals surface area contributed by atoms with E-state index in [1.807, 2.05) is 0 Å². The summed E-state index contributed by atoms with van der Waals surface area (Å²) in [5.74, 6) is 0.00625. The minimum Gasteiger partial charge on any atom is -0.494 e. The van der Waals surface area contributed by atoms with Crippen LogP contribution in [0.25, 0.3) is 0 Å². The van der Waals surface area contributed by atoms with E-state index in [2.05, 4.69) is 5.32 Å². The van der Waals surface area contributed by atoms with E-state index in [-0.39, 0.29) is 23.1 Å². The van der Waals surface area contributed by atoms with Crippen molar-refractivity contribution in [3.05, 3.63) is 56.6 Å². The topological polar surface area (TPSA) is 81.5 Å². The largest absolute Gasteiger partial charge is 0.494 e. The molecule has 0 fully saturated rings. The minimum atomic E-state index is -0.537. The number of anilines is 1. The highest BCUT2D eigenvalue weighted by Gasteiger charge is 2.14. The van der Waals surface area contributed by atoms with Crippen LogP contribution in [0.4, 0.5) is 11.4 Å². The van der Waals surface area contributed by atoms with Gasteiger partial charge in [0, 0.05) is 16.0 Å². The predicted molar refractivity (Wildman–Crippen MR) is 95.5 cm³/mol. The number of rotatable bonds is 6. The lowest BCUT2D eigenvalue weighted by Crippen LogP contribution is -2.14. The molecular weight excluding hydrogens is 375 g/mol. The number of hydrogen-bond acceptors (Lipinski definition) is 5. The number of nitrogens with zero attached hydrogens (tertiary/aromatic N) is 1. The lowest BCUT2D eigenvalue weighted by atomic mass is 10.2. The molecule has 0 aromatic heterocycles. The Kier molecular flexibility index (Phi) is 6.30. The normalized spacial score (nSPS) is 10.3. The smallest absolute Gasteiger partial charge is 0.273 e. The molecule has 9 heteroatoms. The predicted octanol–water partition coefficient (Wildman–Crippen LogP) is 4.64. The SMILES string of the molecule is COc1cc([N+](=O)[O-])ccc1NC(=O)CSc1cc(Cl)ccc1Cl. The van der Waals surface area contributed by atoms with Crippen molar-refractivity contribution in [2.45, 2.75) is 4.90 Å². The molecule has 0 aliphatic heterocycles. The average Bonchev–Trinajstić information content (AvgIpc) is 2.55. The first-order valence-corrected chi connectivity index (χ1v) is 8.35. The second kappa shape index (κ2) is 8.23. The number of methoxy groups -OCH3 is 1. The van der Waals surface area contributed by atoms with Crippen LogP contribution in [0.1, 0.15) is 0 Å². The first-order valence-electron chi connectivity index (χ1n) is 6.61. The summed E-state index contributed by atoms with van der Waals surface area (Å²) < 4.78 is 5.07. The Labute approximate surface area is 152 Å². The van der Waals surface area contributed by atoms with Crippen molar-refractivity contribution in [1.29, 1.82) is 0 Å². The van der Waals surface area contributed by atoms with Gasteiger partial charge < -0.3 is 10.1 Å². The number of benzene rings is 2. The number of amides is 1. The third-order valence-corrected chi connectivity index (χ3v) is 4.65. The Morgan fingerprint density at radius 2 is 2.04 bits per heavy atom. The lowest BCUT2D eigenvalue weighted by molar-refractivity contribution is -0.384. The zero-order valence-corrected chi connectivity index (χ0v) is 14.7. The van der Waals surface area contributed by atoms with E-state index in [4.69, 9.17) is 27.9 Å². The number of nitro benzene ring substituents is 1. The van der Waals surface area contributed by atoms with Gasteiger partial charge in [-0.3, -0.25) is 14.9 Å². The van der Waals surface area contributed by atoms with Crippen LogP contribution in [0.15, 0.2) is 41.3 Å². The molecule has 0 unspecified atom stereocenters. The Bertz CT molecular complexity index is 786. The van der Waals surface area contributed by atoms with Crippen LogP contribution in [0.2, 0.25) is 10.0 Å². The van der Waals surface area contributed by atoms with E-state index in [9.17, 15) is 14.9 Å². The average molecular weight is 387 g/mol. The van der Waals surface area contributed by atoms with Gasteiger partial charge in [-0.1, -0.05) is 23.2 Å². The number of nitro groups is 1. The number of non-ortho nitro benzene ring substituents is 1. The van der Waals surface area contributed by atoms with Gasteiger partial charge in [0.25, 0.3) is 5.69 Å².